The van der Waals surface area contributed by atoms with Gasteiger partial charge in [0.05, 0.1) is 18.5 Å². The van der Waals surface area contributed by atoms with Crippen LogP contribution in [0.5, 0.6) is 0 Å². The topological polar surface area (TPSA) is 35.2 Å². The summed E-state index contributed by atoms with van der Waals surface area (Å²) in [6.45, 7) is 2.18. The summed E-state index contributed by atoms with van der Waals surface area (Å²) in [6.07, 6.45) is 2.93. The molecule has 2 rings (SSSR count). The average molecular weight is 255 g/mol. The van der Waals surface area contributed by atoms with E-state index >= 15 is 0 Å². The van der Waals surface area contributed by atoms with Crippen molar-refractivity contribution in [2.75, 3.05) is 19.8 Å². The molecule has 94 valence electrons. The lowest BCUT2D eigenvalue weighted by Crippen LogP contribution is -2.30. The number of benzene rings is 1. The minimum atomic E-state index is -0.104. The third-order valence-corrected chi connectivity index (χ3v) is 4.01. The SMILES string of the molecule is NCCCCc1ccc(SC2COC2)c(F)c1. The molecule has 1 aliphatic rings. The summed E-state index contributed by atoms with van der Waals surface area (Å²) in [4.78, 5) is 0.737. The molecule has 1 fully saturated rings. The second-order valence-electron chi connectivity index (χ2n) is 4.29. The Labute approximate surface area is 106 Å². The van der Waals surface area contributed by atoms with Crippen LogP contribution in [0.25, 0.3) is 0 Å². The maximum atomic E-state index is 13.8. The predicted molar refractivity (Wildman–Crippen MR) is 68.9 cm³/mol. The molecular formula is C13H18FNOS. The molecule has 2 N–H and O–H groups in total. The van der Waals surface area contributed by atoms with Crippen LogP contribution in [-0.2, 0) is 11.2 Å². The van der Waals surface area contributed by atoms with Gasteiger partial charge in [-0.1, -0.05) is 6.07 Å². The Kier molecular flexibility index (Phi) is 4.83. The lowest BCUT2D eigenvalue weighted by molar-refractivity contribution is 0.0455. The molecule has 1 heterocycles. The van der Waals surface area contributed by atoms with Gasteiger partial charge in [0.2, 0.25) is 0 Å². The minimum absolute atomic E-state index is 0.104. The first kappa shape index (κ1) is 12.9. The van der Waals surface area contributed by atoms with Crippen molar-refractivity contribution < 1.29 is 9.13 Å². The van der Waals surface area contributed by atoms with Crippen LogP contribution in [-0.4, -0.2) is 25.0 Å². The molecular weight excluding hydrogens is 237 g/mol. The molecule has 0 aromatic heterocycles. The van der Waals surface area contributed by atoms with E-state index < -0.39 is 0 Å². The summed E-state index contributed by atoms with van der Waals surface area (Å²) in [5.74, 6) is -0.104. The van der Waals surface area contributed by atoms with Crippen molar-refractivity contribution >= 4 is 11.8 Å². The molecule has 0 amide bonds. The standard InChI is InChI=1S/C13H18FNOS/c14-12-7-10(3-1-2-6-15)4-5-13(12)17-11-8-16-9-11/h4-5,7,11H,1-3,6,8-9,15H2. The van der Waals surface area contributed by atoms with Crippen molar-refractivity contribution in [3.63, 3.8) is 0 Å². The molecule has 0 saturated carbocycles. The molecule has 4 heteroatoms. The number of halogens is 1. The smallest absolute Gasteiger partial charge is 0.137 e. The van der Waals surface area contributed by atoms with E-state index in [9.17, 15) is 4.39 Å². The summed E-state index contributed by atoms with van der Waals surface area (Å²) >= 11 is 1.57. The molecule has 0 unspecified atom stereocenters. The van der Waals surface area contributed by atoms with Gasteiger partial charge in [0.25, 0.3) is 0 Å². The quantitative estimate of drug-likeness (QED) is 0.794. The van der Waals surface area contributed by atoms with Crippen LogP contribution < -0.4 is 5.73 Å². The van der Waals surface area contributed by atoms with Crippen LogP contribution in [0.1, 0.15) is 18.4 Å². The van der Waals surface area contributed by atoms with Crippen molar-refractivity contribution in [2.24, 2.45) is 5.73 Å². The highest BCUT2D eigenvalue weighted by Gasteiger charge is 2.20. The summed E-state index contributed by atoms with van der Waals surface area (Å²) in [5.41, 5.74) is 6.49. The zero-order chi connectivity index (χ0) is 12.1. The third kappa shape index (κ3) is 3.69. The van der Waals surface area contributed by atoms with Crippen molar-refractivity contribution in [2.45, 2.75) is 29.4 Å². The van der Waals surface area contributed by atoms with Crippen molar-refractivity contribution in [3.8, 4) is 0 Å². The number of rotatable bonds is 6. The molecule has 1 aliphatic heterocycles. The Hall–Kier alpha value is -0.580. The van der Waals surface area contributed by atoms with E-state index in [0.29, 0.717) is 11.8 Å². The fraction of sp³-hybridized carbons (Fsp3) is 0.538. The molecule has 0 radical (unpaired) electrons. The van der Waals surface area contributed by atoms with E-state index in [4.69, 9.17) is 10.5 Å². The van der Waals surface area contributed by atoms with Gasteiger partial charge in [-0.05, 0) is 43.5 Å². The van der Waals surface area contributed by atoms with Gasteiger partial charge < -0.3 is 10.5 Å². The van der Waals surface area contributed by atoms with Gasteiger partial charge in [0, 0.05) is 4.90 Å². The first-order chi connectivity index (χ1) is 8.29. The lowest BCUT2D eigenvalue weighted by atomic mass is 10.1. The van der Waals surface area contributed by atoms with Crippen LogP contribution in [0.2, 0.25) is 0 Å². The largest absolute Gasteiger partial charge is 0.379 e. The molecule has 2 nitrogen and oxygen atoms in total. The number of nitrogens with two attached hydrogens (primary N) is 1. The summed E-state index contributed by atoms with van der Waals surface area (Å²) in [5, 5.41) is 0.424. The molecule has 1 aromatic rings. The predicted octanol–water partition coefficient (Wildman–Crippen LogP) is 2.60. The first-order valence-electron chi connectivity index (χ1n) is 6.02. The van der Waals surface area contributed by atoms with Gasteiger partial charge in [0.15, 0.2) is 0 Å². The van der Waals surface area contributed by atoms with Crippen LogP contribution in [0, 0.1) is 5.82 Å². The molecule has 1 aromatic carbocycles. The van der Waals surface area contributed by atoms with Gasteiger partial charge in [0.1, 0.15) is 5.82 Å². The fourth-order valence-electron chi connectivity index (χ4n) is 1.73. The minimum Gasteiger partial charge on any atom is -0.379 e. The second kappa shape index (κ2) is 6.38. The summed E-state index contributed by atoms with van der Waals surface area (Å²) in [7, 11) is 0. The first-order valence-corrected chi connectivity index (χ1v) is 6.90. The highest BCUT2D eigenvalue weighted by atomic mass is 32.2. The number of ether oxygens (including phenoxy) is 1. The number of aryl methyl sites for hydroxylation is 1. The lowest BCUT2D eigenvalue weighted by Gasteiger charge is -2.25. The van der Waals surface area contributed by atoms with Gasteiger partial charge in [-0.3, -0.25) is 0 Å². The zero-order valence-electron chi connectivity index (χ0n) is 9.82. The Bertz CT molecular complexity index is 368. The Balaban J connectivity index is 1.90. The highest BCUT2D eigenvalue weighted by molar-refractivity contribution is 8.00. The molecule has 0 spiro atoms. The van der Waals surface area contributed by atoms with Crippen LogP contribution >= 0.6 is 11.8 Å². The Morgan fingerprint density at radius 3 is 2.76 bits per heavy atom. The van der Waals surface area contributed by atoms with Crippen LogP contribution in [0.4, 0.5) is 4.39 Å². The molecule has 0 atom stereocenters. The van der Waals surface area contributed by atoms with E-state index in [2.05, 4.69) is 0 Å². The zero-order valence-corrected chi connectivity index (χ0v) is 10.6. The Morgan fingerprint density at radius 1 is 1.35 bits per heavy atom. The molecule has 0 bridgehead atoms. The van der Waals surface area contributed by atoms with Crippen molar-refractivity contribution in [3.05, 3.63) is 29.6 Å². The maximum Gasteiger partial charge on any atom is 0.137 e. The number of unbranched alkanes of at least 4 members (excludes halogenated alkanes) is 1. The van der Waals surface area contributed by atoms with Gasteiger partial charge >= 0.3 is 0 Å². The van der Waals surface area contributed by atoms with E-state index in [1.54, 1.807) is 17.8 Å². The highest BCUT2D eigenvalue weighted by Crippen LogP contribution is 2.30. The van der Waals surface area contributed by atoms with Crippen LogP contribution in [0.3, 0.4) is 0 Å². The molecule has 17 heavy (non-hydrogen) atoms. The van der Waals surface area contributed by atoms with E-state index in [1.165, 1.54) is 0 Å². The van der Waals surface area contributed by atoms with Gasteiger partial charge in [-0.15, -0.1) is 11.8 Å². The Morgan fingerprint density at radius 2 is 2.18 bits per heavy atom. The summed E-state index contributed by atoms with van der Waals surface area (Å²) in [6, 6.07) is 5.55. The van der Waals surface area contributed by atoms with E-state index in [0.717, 1.165) is 42.9 Å². The van der Waals surface area contributed by atoms with Gasteiger partial charge in [-0.2, -0.15) is 0 Å². The number of thioether (sulfide) groups is 1. The summed E-state index contributed by atoms with van der Waals surface area (Å²) < 4.78 is 18.9. The van der Waals surface area contributed by atoms with E-state index in [-0.39, 0.29) is 5.82 Å². The number of hydrogen-bond donors (Lipinski definition) is 1. The van der Waals surface area contributed by atoms with Crippen molar-refractivity contribution in [1.29, 1.82) is 0 Å². The van der Waals surface area contributed by atoms with Gasteiger partial charge in [-0.25, -0.2) is 4.39 Å². The fourth-order valence-corrected chi connectivity index (χ4v) is 2.74. The average Bonchev–Trinajstić information content (AvgIpc) is 2.26. The number of hydrogen-bond acceptors (Lipinski definition) is 3. The normalized spacial score (nSPS) is 15.9. The van der Waals surface area contributed by atoms with Crippen LogP contribution in [0.15, 0.2) is 23.1 Å². The molecule has 1 saturated heterocycles. The van der Waals surface area contributed by atoms with Crippen molar-refractivity contribution in [1.82, 2.24) is 0 Å². The van der Waals surface area contributed by atoms with E-state index in [1.807, 2.05) is 12.1 Å². The third-order valence-electron chi connectivity index (χ3n) is 2.82. The maximum absolute atomic E-state index is 13.8. The monoisotopic (exact) mass is 255 g/mol. The second-order valence-corrected chi connectivity index (χ2v) is 5.63. The molecule has 0 aliphatic carbocycles.